The van der Waals surface area contributed by atoms with Crippen LogP contribution in [0, 0.1) is 5.92 Å². The number of epoxide rings is 1. The third-order valence-electron chi connectivity index (χ3n) is 7.12. The molecular weight excluding hydrogens is 460 g/mol. The van der Waals surface area contributed by atoms with Gasteiger partial charge in [-0.05, 0) is 44.4 Å². The minimum absolute atomic E-state index is 0.0848. The number of rotatable bonds is 3. The highest BCUT2D eigenvalue weighted by Crippen LogP contribution is 2.34. The molecular formula is C29H40O7. The van der Waals surface area contributed by atoms with Crippen LogP contribution in [0.2, 0.25) is 0 Å². The molecule has 6 unspecified atom stereocenters. The fraction of sp³-hybridized carbons (Fsp3) is 0.621. The molecule has 1 saturated heterocycles. The Kier molecular flexibility index (Phi) is 9.73. The lowest BCUT2D eigenvalue weighted by atomic mass is 9.91. The van der Waals surface area contributed by atoms with E-state index in [1.54, 1.807) is 18.2 Å². The van der Waals surface area contributed by atoms with E-state index < -0.39 is 24.3 Å². The summed E-state index contributed by atoms with van der Waals surface area (Å²) in [5, 5.41) is 21.6. The Hall–Kier alpha value is -2.03. The monoisotopic (exact) mass is 500 g/mol. The zero-order valence-corrected chi connectivity index (χ0v) is 21.1. The number of carbonyl (C=O) groups excluding carboxylic acids is 1. The lowest BCUT2D eigenvalue weighted by Gasteiger charge is -2.28. The second-order valence-electron chi connectivity index (χ2n) is 10.5. The van der Waals surface area contributed by atoms with E-state index in [0.29, 0.717) is 25.4 Å². The lowest BCUT2D eigenvalue weighted by molar-refractivity contribution is -0.148. The van der Waals surface area contributed by atoms with Crippen LogP contribution in [-0.2, 0) is 23.7 Å². The molecule has 0 aliphatic carbocycles. The van der Waals surface area contributed by atoms with Crippen molar-refractivity contribution in [1.82, 2.24) is 0 Å². The minimum Gasteiger partial charge on any atom is -0.456 e. The number of hydrogen-bond donors (Lipinski definition) is 2. The van der Waals surface area contributed by atoms with Crippen LogP contribution in [0.25, 0.3) is 0 Å². The van der Waals surface area contributed by atoms with Crippen LogP contribution in [0.1, 0.15) is 51.9 Å². The molecule has 4 aliphatic heterocycles. The van der Waals surface area contributed by atoms with Gasteiger partial charge in [-0.3, -0.25) is 0 Å². The van der Waals surface area contributed by atoms with E-state index >= 15 is 0 Å². The molecule has 0 spiro atoms. The Labute approximate surface area is 214 Å². The summed E-state index contributed by atoms with van der Waals surface area (Å²) in [4.78, 5) is 12.6. The maximum Gasteiger partial charge on any atom is 0.330 e. The molecule has 2 bridgehead atoms. The summed E-state index contributed by atoms with van der Waals surface area (Å²) in [6.45, 7) is 6.91. The van der Waals surface area contributed by atoms with Gasteiger partial charge < -0.3 is 29.2 Å². The molecule has 7 nitrogen and oxygen atoms in total. The van der Waals surface area contributed by atoms with E-state index in [1.165, 1.54) is 6.08 Å². The highest BCUT2D eigenvalue weighted by atomic mass is 16.6. The number of aliphatic hydroxyl groups is 2. The maximum absolute atomic E-state index is 12.6. The van der Waals surface area contributed by atoms with Crippen molar-refractivity contribution in [3.8, 4) is 0 Å². The number of aliphatic hydroxyl groups excluding tert-OH is 2. The average molecular weight is 501 g/mol. The van der Waals surface area contributed by atoms with Gasteiger partial charge in [-0.25, -0.2) is 4.79 Å². The smallest absolute Gasteiger partial charge is 0.330 e. The summed E-state index contributed by atoms with van der Waals surface area (Å²) in [5.74, 6) is -0.140. The van der Waals surface area contributed by atoms with E-state index in [2.05, 4.69) is 19.6 Å². The van der Waals surface area contributed by atoms with Gasteiger partial charge in [0, 0.05) is 12.5 Å². The summed E-state index contributed by atoms with van der Waals surface area (Å²) in [6.07, 6.45) is 16.2. The normalized spacial score (nSPS) is 40.1. The fourth-order valence-electron chi connectivity index (χ4n) is 5.24. The van der Waals surface area contributed by atoms with Crippen LogP contribution in [0.4, 0.5) is 0 Å². The molecule has 0 aromatic carbocycles. The highest BCUT2D eigenvalue weighted by molar-refractivity contribution is 5.82. The molecule has 0 aromatic rings. The number of hydrogen-bond acceptors (Lipinski definition) is 7. The zero-order valence-electron chi connectivity index (χ0n) is 21.1. The Morgan fingerprint density at radius 2 is 1.94 bits per heavy atom. The molecule has 198 valence electrons. The van der Waals surface area contributed by atoms with Gasteiger partial charge in [-0.1, -0.05) is 61.6 Å². The van der Waals surface area contributed by atoms with Crippen LogP contribution < -0.4 is 0 Å². The molecule has 7 heteroatoms. The third-order valence-corrected chi connectivity index (χ3v) is 7.12. The minimum atomic E-state index is -1.02. The zero-order chi connectivity index (χ0) is 25.5. The van der Waals surface area contributed by atoms with Gasteiger partial charge >= 0.3 is 5.97 Å². The van der Waals surface area contributed by atoms with Crippen LogP contribution in [-0.4, -0.2) is 71.6 Å². The number of cyclic esters (lactones) is 1. The van der Waals surface area contributed by atoms with Crippen LogP contribution in [0.15, 0.2) is 60.8 Å². The van der Waals surface area contributed by atoms with Gasteiger partial charge in [0.25, 0.3) is 0 Å². The van der Waals surface area contributed by atoms with Crippen LogP contribution in [0.5, 0.6) is 0 Å². The van der Waals surface area contributed by atoms with Crippen molar-refractivity contribution >= 4 is 5.97 Å². The van der Waals surface area contributed by atoms with E-state index in [1.807, 2.05) is 18.2 Å². The summed E-state index contributed by atoms with van der Waals surface area (Å²) >= 11 is 0. The second kappa shape index (κ2) is 13.0. The van der Waals surface area contributed by atoms with Gasteiger partial charge in [-0.2, -0.15) is 0 Å². The molecule has 0 amide bonds. The Balaban J connectivity index is 1.44. The summed E-state index contributed by atoms with van der Waals surface area (Å²) < 4.78 is 23.2. The molecule has 2 N–H and O–H groups in total. The van der Waals surface area contributed by atoms with Crippen molar-refractivity contribution in [2.24, 2.45) is 5.92 Å². The molecule has 4 aliphatic rings. The average Bonchev–Trinajstić information content (AvgIpc) is 3.62. The third kappa shape index (κ3) is 8.25. The van der Waals surface area contributed by atoms with Gasteiger partial charge in [0.05, 0.1) is 37.1 Å². The van der Waals surface area contributed by atoms with Crippen molar-refractivity contribution in [1.29, 1.82) is 0 Å². The fourth-order valence-corrected chi connectivity index (χ4v) is 5.24. The van der Waals surface area contributed by atoms with Gasteiger partial charge in [0.1, 0.15) is 18.3 Å². The Morgan fingerprint density at radius 3 is 2.75 bits per heavy atom. The number of carbonyl (C=O) groups is 1. The van der Waals surface area contributed by atoms with E-state index in [4.69, 9.17) is 18.9 Å². The van der Waals surface area contributed by atoms with Gasteiger partial charge in [0.2, 0.25) is 0 Å². The lowest BCUT2D eigenvalue weighted by Crippen LogP contribution is -2.32. The topological polar surface area (TPSA) is 97.8 Å². The van der Waals surface area contributed by atoms with Crippen molar-refractivity contribution in [2.45, 2.75) is 101 Å². The van der Waals surface area contributed by atoms with E-state index in [0.717, 1.165) is 31.3 Å². The molecule has 0 aromatic heterocycles. The van der Waals surface area contributed by atoms with Crippen LogP contribution >= 0.6 is 0 Å². The summed E-state index contributed by atoms with van der Waals surface area (Å²) in [5.41, 5.74) is 0.990. The predicted molar refractivity (Wildman–Crippen MR) is 136 cm³/mol. The largest absolute Gasteiger partial charge is 0.456 e. The molecule has 4 rings (SSSR count). The first-order chi connectivity index (χ1) is 17.4. The quantitative estimate of drug-likeness (QED) is 0.346. The van der Waals surface area contributed by atoms with Gasteiger partial charge in [-0.15, -0.1) is 0 Å². The maximum atomic E-state index is 12.6. The molecule has 0 saturated carbocycles. The molecule has 0 radical (unpaired) electrons. The molecule has 9 atom stereocenters. The van der Waals surface area contributed by atoms with Crippen LogP contribution in [0.3, 0.4) is 0 Å². The Morgan fingerprint density at radius 1 is 1.08 bits per heavy atom. The molecule has 36 heavy (non-hydrogen) atoms. The Bertz CT molecular complexity index is 875. The van der Waals surface area contributed by atoms with E-state index in [-0.39, 0.29) is 36.9 Å². The van der Waals surface area contributed by atoms with Crippen molar-refractivity contribution < 1.29 is 34.0 Å². The predicted octanol–water partition coefficient (Wildman–Crippen LogP) is 3.72. The summed E-state index contributed by atoms with van der Waals surface area (Å²) in [6, 6.07) is 0. The standard InChI is InChI=1S/C29H40O7/c1-19-15-20(2)17-25(31)29-27(36-29)18-26(24(30)13-12-21-7-3-4-14-33-21)35-28(32)11-6-9-22-8-5-10-23(16-19)34-22/h3-6,8,11-13,19,21-27,29-31H,2,7,9-10,14-18H2,1H3/b11-6-,13-12+/t19-,21?,22?,23?,24?,25-,26?,27-,29?/m0/s1. The second-order valence-corrected chi connectivity index (χ2v) is 10.5. The van der Waals surface area contributed by atoms with Gasteiger partial charge in [0.15, 0.2) is 0 Å². The molecule has 4 heterocycles. The number of ether oxygens (including phenoxy) is 4. The van der Waals surface area contributed by atoms with Crippen molar-refractivity contribution in [3.63, 3.8) is 0 Å². The first-order valence-electron chi connectivity index (χ1n) is 13.2. The van der Waals surface area contributed by atoms with Crippen molar-refractivity contribution in [2.75, 3.05) is 6.61 Å². The van der Waals surface area contributed by atoms with Crippen molar-refractivity contribution in [3.05, 3.63) is 60.8 Å². The first-order valence-corrected chi connectivity index (χ1v) is 13.2. The summed E-state index contributed by atoms with van der Waals surface area (Å²) in [7, 11) is 0. The SMILES string of the molecule is C=C1C[C@H](C)CC2CC=CC(C/C=C\C(=O)OC(C(O)/C=C/C3CC=CCO3)C[C@@H]3OC3[C@@H](O)C1)O2. The number of esters is 1. The molecule has 1 fully saturated rings. The van der Waals surface area contributed by atoms with E-state index in [9.17, 15) is 15.0 Å². The highest BCUT2D eigenvalue weighted by Gasteiger charge is 2.46. The number of fused-ring (bicyclic) bond motifs is 3. The first kappa shape index (κ1) is 27.0.